The van der Waals surface area contributed by atoms with Gasteiger partial charge in [-0.15, -0.1) is 0 Å². The molecule has 2 aromatic rings. The number of likely N-dealkylation sites (tertiary alicyclic amines) is 1. The molecule has 1 aromatic carbocycles. The maximum Gasteiger partial charge on any atom is 0.314 e. The van der Waals surface area contributed by atoms with Gasteiger partial charge in [0.2, 0.25) is 5.91 Å². The van der Waals surface area contributed by atoms with Crippen LogP contribution >= 0.6 is 0 Å². The molecule has 0 aliphatic carbocycles. The number of benzene rings is 1. The molecule has 3 rings (SSSR count). The van der Waals surface area contributed by atoms with Crippen LogP contribution in [0.3, 0.4) is 0 Å². The van der Waals surface area contributed by atoms with E-state index in [1.807, 2.05) is 0 Å². The molecule has 1 fully saturated rings. The van der Waals surface area contributed by atoms with Crippen LogP contribution < -0.4 is 16.4 Å². The summed E-state index contributed by atoms with van der Waals surface area (Å²) in [6.07, 6.45) is 1.44. The third kappa shape index (κ3) is 3.58. The van der Waals surface area contributed by atoms with Crippen LogP contribution in [-0.2, 0) is 11.3 Å². The predicted molar refractivity (Wildman–Crippen MR) is 89.4 cm³/mol. The van der Waals surface area contributed by atoms with Gasteiger partial charge in [-0.1, -0.05) is 0 Å². The maximum absolute atomic E-state index is 11.6. The van der Waals surface area contributed by atoms with Crippen LogP contribution in [0.25, 0.3) is 11.0 Å². The Kier molecular flexibility index (Phi) is 4.61. The quantitative estimate of drug-likeness (QED) is 0.287. The van der Waals surface area contributed by atoms with Crippen molar-refractivity contribution in [3.05, 3.63) is 48.5 Å². The molecule has 10 nitrogen and oxygen atoms in total. The normalized spacial score (nSPS) is 14.4. The number of hydrogen-bond acceptors (Lipinski definition) is 6. The van der Waals surface area contributed by atoms with Gasteiger partial charge < -0.3 is 20.2 Å². The molecular weight excluding hydrogens is 330 g/mol. The zero-order valence-electron chi connectivity index (χ0n) is 13.3. The van der Waals surface area contributed by atoms with Gasteiger partial charge in [-0.3, -0.25) is 24.5 Å². The Morgan fingerprint density at radius 3 is 2.64 bits per heavy atom. The first-order valence-corrected chi connectivity index (χ1v) is 7.88. The van der Waals surface area contributed by atoms with Crippen molar-refractivity contribution in [2.45, 2.75) is 19.4 Å². The second kappa shape index (κ2) is 6.85. The number of aromatic amines is 2. The minimum atomic E-state index is -0.862. The van der Waals surface area contributed by atoms with E-state index in [-0.39, 0.29) is 23.7 Å². The summed E-state index contributed by atoms with van der Waals surface area (Å²) in [6.45, 7) is 2.07. The minimum absolute atomic E-state index is 0.129. The number of nitro groups is 1. The number of H-pyrrole nitrogens is 2. The lowest BCUT2D eigenvalue weighted by Gasteiger charge is -2.16. The Morgan fingerprint density at radius 2 is 1.96 bits per heavy atom. The molecule has 1 aromatic heterocycles. The first-order valence-electron chi connectivity index (χ1n) is 7.88. The average molecular weight is 347 g/mol. The van der Waals surface area contributed by atoms with Crippen molar-refractivity contribution in [1.29, 1.82) is 0 Å². The highest BCUT2D eigenvalue weighted by molar-refractivity contribution is 5.80. The Morgan fingerprint density at radius 1 is 1.20 bits per heavy atom. The van der Waals surface area contributed by atoms with Gasteiger partial charge in [0, 0.05) is 44.7 Å². The van der Waals surface area contributed by atoms with Gasteiger partial charge in [0.05, 0.1) is 16.0 Å². The fraction of sp³-hybridized carbons (Fsp3) is 0.400. The van der Waals surface area contributed by atoms with E-state index >= 15 is 0 Å². The number of carbonyl (C=O) groups excluding carboxylic acids is 1. The molecule has 3 N–H and O–H groups in total. The summed E-state index contributed by atoms with van der Waals surface area (Å²) in [7, 11) is 0. The lowest BCUT2D eigenvalue weighted by Crippen LogP contribution is -2.33. The Balaban J connectivity index is 1.80. The van der Waals surface area contributed by atoms with Crippen molar-refractivity contribution in [3.63, 3.8) is 0 Å². The summed E-state index contributed by atoms with van der Waals surface area (Å²) in [6, 6.07) is 2.56. The number of hydrogen-bond donors (Lipinski definition) is 3. The molecule has 10 heteroatoms. The first-order chi connectivity index (χ1) is 12.0. The van der Waals surface area contributed by atoms with Crippen molar-refractivity contribution in [2.24, 2.45) is 0 Å². The SMILES string of the molecule is O=C1CCCN1CCNCc1cc([N+](=O)[O-])cc2[nH]c(=O)c(=O)[nH]c12. The van der Waals surface area contributed by atoms with E-state index in [9.17, 15) is 24.5 Å². The largest absolute Gasteiger partial charge is 0.341 e. The average Bonchev–Trinajstić information content (AvgIpc) is 2.97. The number of nitrogens with zero attached hydrogens (tertiary/aromatic N) is 2. The Hall–Kier alpha value is -3.01. The lowest BCUT2D eigenvalue weighted by atomic mass is 10.1. The molecule has 132 valence electrons. The summed E-state index contributed by atoms with van der Waals surface area (Å²) in [5, 5.41) is 14.2. The van der Waals surface area contributed by atoms with Gasteiger partial charge >= 0.3 is 11.1 Å². The van der Waals surface area contributed by atoms with E-state index in [4.69, 9.17) is 0 Å². The summed E-state index contributed by atoms with van der Waals surface area (Å²) in [5.41, 5.74) is -0.818. The van der Waals surface area contributed by atoms with E-state index in [1.165, 1.54) is 12.1 Å². The molecule has 0 bridgehead atoms. The molecular formula is C15H17N5O5. The van der Waals surface area contributed by atoms with Crippen molar-refractivity contribution in [1.82, 2.24) is 20.2 Å². The second-order valence-corrected chi connectivity index (χ2v) is 5.85. The van der Waals surface area contributed by atoms with E-state index in [0.29, 0.717) is 30.6 Å². The molecule has 1 aliphatic heterocycles. The second-order valence-electron chi connectivity index (χ2n) is 5.85. The topological polar surface area (TPSA) is 141 Å². The van der Waals surface area contributed by atoms with Crippen LogP contribution in [0.15, 0.2) is 21.7 Å². The molecule has 1 aliphatic rings. The van der Waals surface area contributed by atoms with Crippen LogP contribution in [0.5, 0.6) is 0 Å². The molecule has 0 radical (unpaired) electrons. The number of amides is 1. The number of nitro benzene ring substituents is 1. The summed E-state index contributed by atoms with van der Waals surface area (Å²) in [4.78, 5) is 51.6. The van der Waals surface area contributed by atoms with Gasteiger partial charge in [-0.25, -0.2) is 0 Å². The maximum atomic E-state index is 11.6. The highest BCUT2D eigenvalue weighted by Crippen LogP contribution is 2.21. The lowest BCUT2D eigenvalue weighted by molar-refractivity contribution is -0.384. The van der Waals surface area contributed by atoms with E-state index < -0.39 is 16.0 Å². The van der Waals surface area contributed by atoms with Crippen LogP contribution in [0.1, 0.15) is 18.4 Å². The number of fused-ring (bicyclic) bond motifs is 1. The van der Waals surface area contributed by atoms with Crippen LogP contribution in [0.2, 0.25) is 0 Å². The third-order valence-corrected chi connectivity index (χ3v) is 4.15. The summed E-state index contributed by atoms with van der Waals surface area (Å²) >= 11 is 0. The minimum Gasteiger partial charge on any atom is -0.341 e. The van der Waals surface area contributed by atoms with Crippen molar-refractivity contribution in [3.8, 4) is 0 Å². The van der Waals surface area contributed by atoms with Crippen LogP contribution in [0, 0.1) is 10.1 Å². The fourth-order valence-corrected chi connectivity index (χ4v) is 2.90. The summed E-state index contributed by atoms with van der Waals surface area (Å²) < 4.78 is 0. The number of non-ortho nitro benzene ring substituents is 1. The van der Waals surface area contributed by atoms with Gasteiger partial charge in [-0.05, 0) is 12.0 Å². The van der Waals surface area contributed by atoms with Crippen LogP contribution in [-0.4, -0.2) is 45.3 Å². The van der Waals surface area contributed by atoms with Crippen LogP contribution in [0.4, 0.5) is 5.69 Å². The molecule has 0 atom stereocenters. The first kappa shape index (κ1) is 16.8. The number of nitrogens with one attached hydrogen (secondary N) is 3. The predicted octanol–water partition coefficient (Wildman–Crippen LogP) is -0.163. The molecule has 0 spiro atoms. The van der Waals surface area contributed by atoms with E-state index in [2.05, 4.69) is 15.3 Å². The highest BCUT2D eigenvalue weighted by atomic mass is 16.6. The molecule has 0 saturated carbocycles. The van der Waals surface area contributed by atoms with Gasteiger partial charge in [0.15, 0.2) is 0 Å². The monoisotopic (exact) mass is 347 g/mol. The molecule has 1 saturated heterocycles. The van der Waals surface area contributed by atoms with Crippen molar-refractivity contribution in [2.75, 3.05) is 19.6 Å². The zero-order chi connectivity index (χ0) is 18.0. The molecule has 25 heavy (non-hydrogen) atoms. The number of rotatable bonds is 6. The number of aromatic nitrogens is 2. The van der Waals surface area contributed by atoms with E-state index in [0.717, 1.165) is 13.0 Å². The number of carbonyl (C=O) groups is 1. The standard InChI is InChI=1S/C15H17N5O5/c21-12-2-1-4-19(12)5-3-16-8-9-6-10(20(24)25)7-11-13(9)18-15(23)14(22)17-11/h6-7,16H,1-5,8H2,(H,17,22)(H,18,23). The van der Waals surface area contributed by atoms with E-state index in [1.54, 1.807) is 4.90 Å². The highest BCUT2D eigenvalue weighted by Gasteiger charge is 2.19. The Labute approximate surface area is 141 Å². The van der Waals surface area contributed by atoms with Gasteiger partial charge in [0.25, 0.3) is 5.69 Å². The third-order valence-electron chi connectivity index (χ3n) is 4.15. The summed E-state index contributed by atoms with van der Waals surface area (Å²) in [5.74, 6) is 0.129. The zero-order valence-corrected chi connectivity index (χ0v) is 13.3. The smallest absolute Gasteiger partial charge is 0.314 e. The molecule has 1 amide bonds. The molecule has 2 heterocycles. The van der Waals surface area contributed by atoms with Gasteiger partial charge in [0.1, 0.15) is 0 Å². The molecule has 0 unspecified atom stereocenters. The van der Waals surface area contributed by atoms with Crippen molar-refractivity contribution < 1.29 is 9.72 Å². The fourth-order valence-electron chi connectivity index (χ4n) is 2.90. The Bertz CT molecular complexity index is 947. The van der Waals surface area contributed by atoms with Gasteiger partial charge in [-0.2, -0.15) is 0 Å². The van der Waals surface area contributed by atoms with Crippen molar-refractivity contribution >= 4 is 22.6 Å².